The van der Waals surface area contributed by atoms with Crippen molar-refractivity contribution in [2.75, 3.05) is 0 Å². The lowest BCUT2D eigenvalue weighted by atomic mass is 10.1. The molecule has 2 rings (SSSR count). The van der Waals surface area contributed by atoms with Crippen LogP contribution in [0.2, 0.25) is 0 Å². The Kier molecular flexibility index (Phi) is 3.18. The summed E-state index contributed by atoms with van der Waals surface area (Å²) in [5.74, 6) is 0.368. The molecule has 104 valence electrons. The average Bonchev–Trinajstić information content (AvgIpc) is 2.79. The molecule has 0 saturated heterocycles. The quantitative estimate of drug-likeness (QED) is 0.782. The molecule has 2 aromatic rings. The summed E-state index contributed by atoms with van der Waals surface area (Å²) < 4.78 is 26.3. The molecular weight excluding hydrogens is 290 g/mol. The van der Waals surface area contributed by atoms with E-state index in [9.17, 15) is 8.42 Å². The molecule has 2 aromatic heterocycles. The number of halogens is 1. The Bertz CT molecular complexity index is 711. The second kappa shape index (κ2) is 4.31. The lowest BCUT2D eigenvalue weighted by Gasteiger charge is -2.23. The highest BCUT2D eigenvalue weighted by Crippen LogP contribution is 2.28. The zero-order valence-electron chi connectivity index (χ0n) is 11.0. The molecule has 2 heterocycles. The van der Waals surface area contributed by atoms with Gasteiger partial charge in [-0.25, -0.2) is 13.4 Å². The minimum atomic E-state index is -3.97. The summed E-state index contributed by atoms with van der Waals surface area (Å²) in [5, 5.41) is 7.31. The van der Waals surface area contributed by atoms with Crippen molar-refractivity contribution in [1.82, 2.24) is 24.3 Å². The van der Waals surface area contributed by atoms with Gasteiger partial charge in [-0.1, -0.05) is 0 Å². The second-order valence-electron chi connectivity index (χ2n) is 5.17. The number of hydrogen-bond acceptors (Lipinski definition) is 5. The summed E-state index contributed by atoms with van der Waals surface area (Å²) >= 11 is 0. The van der Waals surface area contributed by atoms with Gasteiger partial charge in [-0.05, 0) is 20.8 Å². The number of hydrogen-bond donors (Lipinski definition) is 0. The maximum atomic E-state index is 11.6. The number of aromatic nitrogens is 5. The highest BCUT2D eigenvalue weighted by molar-refractivity contribution is 8.13. The Morgan fingerprint density at radius 2 is 1.89 bits per heavy atom. The maximum Gasteiger partial charge on any atom is 0.296 e. The molecule has 0 unspecified atom stereocenters. The largest absolute Gasteiger partial charge is 0.340 e. The summed E-state index contributed by atoms with van der Waals surface area (Å²) in [7, 11) is 3.24. The van der Waals surface area contributed by atoms with E-state index in [-0.39, 0.29) is 5.16 Å². The fourth-order valence-corrected chi connectivity index (χ4v) is 2.74. The lowest BCUT2D eigenvalue weighted by Crippen LogP contribution is -2.26. The van der Waals surface area contributed by atoms with Crippen LogP contribution in [0.4, 0.5) is 0 Å². The van der Waals surface area contributed by atoms with E-state index < -0.39 is 14.6 Å². The maximum absolute atomic E-state index is 11.6. The first-order valence-electron chi connectivity index (χ1n) is 5.49. The number of aryl methyl sites for hydroxylation is 1. The van der Waals surface area contributed by atoms with Crippen LogP contribution < -0.4 is 0 Å². The molecule has 0 saturated carbocycles. The van der Waals surface area contributed by atoms with Crippen LogP contribution in [0.15, 0.2) is 17.7 Å². The average molecular weight is 304 g/mol. The van der Waals surface area contributed by atoms with Crippen LogP contribution in [0.1, 0.15) is 20.8 Å². The van der Waals surface area contributed by atoms with Crippen molar-refractivity contribution in [2.24, 2.45) is 7.05 Å². The van der Waals surface area contributed by atoms with E-state index in [1.54, 1.807) is 17.1 Å². The van der Waals surface area contributed by atoms with Gasteiger partial charge < -0.3 is 4.57 Å². The first-order valence-corrected chi connectivity index (χ1v) is 7.80. The molecule has 0 spiro atoms. The van der Waals surface area contributed by atoms with Crippen LogP contribution in [0.25, 0.3) is 11.5 Å². The molecule has 0 fully saturated rings. The Balaban J connectivity index is 2.74. The molecule has 19 heavy (non-hydrogen) atoms. The Morgan fingerprint density at radius 3 is 2.32 bits per heavy atom. The Hall–Kier alpha value is -1.41. The zero-order chi connectivity index (χ0) is 14.4. The lowest BCUT2D eigenvalue weighted by molar-refractivity contribution is 0.367. The van der Waals surface area contributed by atoms with Gasteiger partial charge in [0, 0.05) is 29.5 Å². The fraction of sp³-hybridized carbons (Fsp3) is 0.500. The van der Waals surface area contributed by atoms with Crippen molar-refractivity contribution in [3.63, 3.8) is 0 Å². The molecule has 0 N–H and O–H groups in total. The van der Waals surface area contributed by atoms with Crippen molar-refractivity contribution in [3.8, 4) is 11.5 Å². The van der Waals surface area contributed by atoms with Crippen molar-refractivity contribution in [1.29, 1.82) is 0 Å². The molecule has 0 atom stereocenters. The highest BCUT2D eigenvalue weighted by Gasteiger charge is 2.30. The topological polar surface area (TPSA) is 82.7 Å². The summed E-state index contributed by atoms with van der Waals surface area (Å²) in [6, 6.07) is 0. The smallest absolute Gasteiger partial charge is 0.296 e. The van der Waals surface area contributed by atoms with Crippen LogP contribution in [0, 0.1) is 0 Å². The van der Waals surface area contributed by atoms with Gasteiger partial charge >= 0.3 is 0 Å². The van der Waals surface area contributed by atoms with Crippen LogP contribution in [0.5, 0.6) is 0 Å². The number of rotatable bonds is 2. The van der Waals surface area contributed by atoms with E-state index in [1.165, 1.54) is 4.57 Å². The minimum absolute atomic E-state index is 0.276. The third-order valence-electron chi connectivity index (χ3n) is 2.46. The highest BCUT2D eigenvalue weighted by atomic mass is 35.7. The van der Waals surface area contributed by atoms with Crippen molar-refractivity contribution < 1.29 is 8.42 Å². The number of imidazole rings is 1. The van der Waals surface area contributed by atoms with E-state index in [1.807, 2.05) is 27.8 Å². The third-order valence-corrected chi connectivity index (χ3v) is 3.57. The van der Waals surface area contributed by atoms with E-state index >= 15 is 0 Å². The van der Waals surface area contributed by atoms with E-state index in [0.29, 0.717) is 11.5 Å². The molecule has 0 amide bonds. The Morgan fingerprint density at radius 1 is 1.26 bits per heavy atom. The predicted octanol–water partition coefficient (Wildman–Crippen LogP) is 1.36. The van der Waals surface area contributed by atoms with Crippen LogP contribution in [-0.2, 0) is 21.6 Å². The molecule has 0 aliphatic rings. The van der Waals surface area contributed by atoms with Crippen molar-refractivity contribution in [3.05, 3.63) is 12.5 Å². The van der Waals surface area contributed by atoms with Crippen molar-refractivity contribution in [2.45, 2.75) is 31.5 Å². The molecule has 7 nitrogen and oxygen atoms in total. The molecule has 0 bridgehead atoms. The van der Waals surface area contributed by atoms with Gasteiger partial charge in [0.1, 0.15) is 5.69 Å². The molecule has 0 aromatic carbocycles. The van der Waals surface area contributed by atoms with E-state index in [2.05, 4.69) is 15.2 Å². The zero-order valence-corrected chi connectivity index (χ0v) is 12.6. The monoisotopic (exact) mass is 303 g/mol. The van der Waals surface area contributed by atoms with E-state index in [4.69, 9.17) is 10.7 Å². The first-order chi connectivity index (χ1) is 8.60. The van der Waals surface area contributed by atoms with Gasteiger partial charge in [0.2, 0.25) is 0 Å². The van der Waals surface area contributed by atoms with Gasteiger partial charge in [-0.15, -0.1) is 10.2 Å². The van der Waals surface area contributed by atoms with Gasteiger partial charge in [-0.3, -0.25) is 4.57 Å². The molecule has 0 aliphatic carbocycles. The summed E-state index contributed by atoms with van der Waals surface area (Å²) in [4.78, 5) is 4.16. The summed E-state index contributed by atoms with van der Waals surface area (Å²) in [6.45, 7) is 5.52. The molecule has 9 heteroatoms. The minimum Gasteiger partial charge on any atom is -0.340 e. The second-order valence-corrected chi connectivity index (χ2v) is 7.63. The fourth-order valence-electron chi connectivity index (χ4n) is 1.73. The first kappa shape index (κ1) is 14.0. The van der Waals surface area contributed by atoms with Crippen LogP contribution in [0.3, 0.4) is 0 Å². The molecule has 0 aliphatic heterocycles. The molecule has 0 radical (unpaired) electrons. The number of nitrogens with zero attached hydrogens (tertiary/aromatic N) is 5. The van der Waals surface area contributed by atoms with Gasteiger partial charge in [0.15, 0.2) is 5.82 Å². The summed E-state index contributed by atoms with van der Waals surface area (Å²) in [6.07, 6.45) is 3.34. The summed E-state index contributed by atoms with van der Waals surface area (Å²) in [5.41, 5.74) is -0.00955. The van der Waals surface area contributed by atoms with Gasteiger partial charge in [-0.2, -0.15) is 0 Å². The normalized spacial score (nSPS) is 12.9. The van der Waals surface area contributed by atoms with Crippen LogP contribution >= 0.6 is 10.7 Å². The SMILES string of the molecule is Cn1cnc(-c2nnc(S(=O)(=O)Cl)n2C(C)(C)C)c1. The van der Waals surface area contributed by atoms with E-state index in [0.717, 1.165) is 0 Å². The van der Waals surface area contributed by atoms with Crippen LogP contribution in [-0.4, -0.2) is 32.7 Å². The van der Waals surface area contributed by atoms with Crippen molar-refractivity contribution >= 4 is 19.7 Å². The van der Waals surface area contributed by atoms with Gasteiger partial charge in [0.05, 0.1) is 6.33 Å². The standard InChI is InChI=1S/C10H14ClN5O2S/c1-10(2,3)16-8(7-5-15(4)6-12-7)13-14-9(16)19(11,17)18/h5-6H,1-4H3. The third kappa shape index (κ3) is 2.64. The predicted molar refractivity (Wildman–Crippen MR) is 70.3 cm³/mol. The molecular formula is C10H14ClN5O2S. The Labute approximate surface area is 115 Å². The van der Waals surface area contributed by atoms with Gasteiger partial charge in [0.25, 0.3) is 14.2 Å².